The van der Waals surface area contributed by atoms with E-state index in [1.165, 1.54) is 11.3 Å². The minimum absolute atomic E-state index is 0.180. The Hall–Kier alpha value is -2.41. The molecule has 2 heterocycles. The lowest BCUT2D eigenvalue weighted by atomic mass is 10.00. The summed E-state index contributed by atoms with van der Waals surface area (Å²) >= 11 is 7.53. The van der Waals surface area contributed by atoms with Gasteiger partial charge in [-0.1, -0.05) is 35.1 Å². The first-order valence-electron chi connectivity index (χ1n) is 8.10. The van der Waals surface area contributed by atoms with Gasteiger partial charge in [0.05, 0.1) is 21.4 Å². The molecule has 7 heteroatoms. The van der Waals surface area contributed by atoms with E-state index in [-0.39, 0.29) is 5.78 Å². The third-order valence-electron chi connectivity index (χ3n) is 3.90. The van der Waals surface area contributed by atoms with Crippen molar-refractivity contribution in [2.75, 3.05) is 11.9 Å². The molecule has 0 amide bonds. The molecule has 0 fully saturated rings. The van der Waals surface area contributed by atoms with Crippen LogP contribution >= 0.6 is 22.9 Å². The van der Waals surface area contributed by atoms with Crippen LogP contribution in [0.1, 0.15) is 17.3 Å². The number of thiazole rings is 1. The second-order valence-corrected chi connectivity index (χ2v) is 7.07. The Kier molecular flexibility index (Phi) is 4.63. The first-order chi connectivity index (χ1) is 12.7. The van der Waals surface area contributed by atoms with Gasteiger partial charge in [-0.05, 0) is 37.3 Å². The standard InChI is InChI=1S/C19H15ClN2O3S/c1-2-24-18-13(17(23)12-9-11(20)7-8-15(12)25-18)10-21-19-22-14-5-3-4-6-16(14)26-19/h3-10,18H,2H2,1H3,(H,21,22)/b13-10-. The number of para-hydroxylation sites is 1. The molecule has 1 unspecified atom stereocenters. The van der Waals surface area contributed by atoms with Crippen molar-refractivity contribution in [1.29, 1.82) is 0 Å². The molecule has 4 rings (SSSR count). The van der Waals surface area contributed by atoms with Gasteiger partial charge >= 0.3 is 0 Å². The monoisotopic (exact) mass is 386 g/mol. The summed E-state index contributed by atoms with van der Waals surface area (Å²) in [6.45, 7) is 2.27. The van der Waals surface area contributed by atoms with E-state index < -0.39 is 6.29 Å². The molecule has 26 heavy (non-hydrogen) atoms. The largest absolute Gasteiger partial charge is 0.460 e. The molecule has 5 nitrogen and oxygen atoms in total. The Labute approximate surface area is 159 Å². The number of nitrogens with zero attached hydrogens (tertiary/aromatic N) is 1. The Balaban J connectivity index is 1.67. The molecule has 0 bridgehead atoms. The summed E-state index contributed by atoms with van der Waals surface area (Å²) in [5, 5.41) is 4.27. The van der Waals surface area contributed by atoms with Crippen LogP contribution in [0, 0.1) is 0 Å². The van der Waals surface area contributed by atoms with Crippen molar-refractivity contribution in [1.82, 2.24) is 4.98 Å². The van der Waals surface area contributed by atoms with Crippen LogP contribution in [-0.2, 0) is 4.74 Å². The number of benzene rings is 2. The molecule has 0 saturated heterocycles. The molecule has 1 aliphatic rings. The molecule has 1 N–H and O–H groups in total. The van der Waals surface area contributed by atoms with Gasteiger partial charge in [-0.25, -0.2) is 4.98 Å². The zero-order valence-corrected chi connectivity index (χ0v) is 15.4. The lowest BCUT2D eigenvalue weighted by Gasteiger charge is -2.27. The van der Waals surface area contributed by atoms with Crippen molar-refractivity contribution in [3.8, 4) is 5.75 Å². The smallest absolute Gasteiger partial charge is 0.232 e. The Morgan fingerprint density at radius 2 is 2.19 bits per heavy atom. The molecule has 2 aromatic carbocycles. The SMILES string of the molecule is CCOC1Oc2ccc(Cl)cc2C(=O)/C1=C/Nc1nc2ccccc2s1. The maximum Gasteiger partial charge on any atom is 0.232 e. The molecule has 1 aromatic heterocycles. The van der Waals surface area contributed by atoms with E-state index in [0.29, 0.717) is 33.6 Å². The van der Waals surface area contributed by atoms with Gasteiger partial charge < -0.3 is 14.8 Å². The van der Waals surface area contributed by atoms with Gasteiger partial charge in [-0.3, -0.25) is 4.79 Å². The van der Waals surface area contributed by atoms with Gasteiger partial charge in [0.25, 0.3) is 0 Å². The summed E-state index contributed by atoms with van der Waals surface area (Å²) in [7, 11) is 0. The van der Waals surface area contributed by atoms with Gasteiger partial charge in [-0.2, -0.15) is 0 Å². The third kappa shape index (κ3) is 3.19. The number of carbonyl (C=O) groups excluding carboxylic acids is 1. The second kappa shape index (κ2) is 7.07. The van der Waals surface area contributed by atoms with E-state index in [2.05, 4.69) is 10.3 Å². The van der Waals surface area contributed by atoms with Crippen molar-refractivity contribution < 1.29 is 14.3 Å². The van der Waals surface area contributed by atoms with E-state index in [0.717, 1.165) is 10.2 Å². The van der Waals surface area contributed by atoms with Crippen LogP contribution < -0.4 is 10.1 Å². The second-order valence-electron chi connectivity index (χ2n) is 5.61. The number of hydrogen-bond acceptors (Lipinski definition) is 6. The topological polar surface area (TPSA) is 60.5 Å². The lowest BCUT2D eigenvalue weighted by Crippen LogP contribution is -2.33. The molecule has 132 valence electrons. The number of ketones is 1. The molecule has 0 saturated carbocycles. The maximum absolute atomic E-state index is 12.9. The van der Waals surface area contributed by atoms with Gasteiger partial charge in [0, 0.05) is 17.8 Å². The molecule has 0 aliphatic carbocycles. The highest BCUT2D eigenvalue weighted by atomic mass is 35.5. The summed E-state index contributed by atoms with van der Waals surface area (Å²) in [4.78, 5) is 17.4. The van der Waals surface area contributed by atoms with Crippen LogP contribution in [0.5, 0.6) is 5.75 Å². The quantitative estimate of drug-likeness (QED) is 0.647. The van der Waals surface area contributed by atoms with E-state index in [1.807, 2.05) is 31.2 Å². The number of carbonyl (C=O) groups is 1. The third-order valence-corrected chi connectivity index (χ3v) is 5.10. The van der Waals surface area contributed by atoms with Crippen molar-refractivity contribution in [2.45, 2.75) is 13.2 Å². The van der Waals surface area contributed by atoms with Crippen molar-refractivity contribution in [3.63, 3.8) is 0 Å². The number of ether oxygens (including phenoxy) is 2. The highest BCUT2D eigenvalue weighted by molar-refractivity contribution is 7.22. The minimum Gasteiger partial charge on any atom is -0.460 e. The number of Topliss-reactive ketones (excluding diaryl/α,β-unsaturated/α-hetero) is 1. The van der Waals surface area contributed by atoms with Gasteiger partial charge in [0.15, 0.2) is 5.13 Å². The fourth-order valence-corrected chi connectivity index (χ4v) is 3.71. The van der Waals surface area contributed by atoms with E-state index >= 15 is 0 Å². The van der Waals surface area contributed by atoms with E-state index in [4.69, 9.17) is 21.1 Å². The molecule has 3 aromatic rings. The number of hydrogen-bond donors (Lipinski definition) is 1. The van der Waals surface area contributed by atoms with Crippen LogP contribution in [0.2, 0.25) is 5.02 Å². The summed E-state index contributed by atoms with van der Waals surface area (Å²) in [5.74, 6) is 0.288. The van der Waals surface area contributed by atoms with Crippen LogP contribution in [-0.4, -0.2) is 23.7 Å². The predicted molar refractivity (Wildman–Crippen MR) is 103 cm³/mol. The predicted octanol–water partition coefficient (Wildman–Crippen LogP) is 4.88. The number of anilines is 1. The summed E-state index contributed by atoms with van der Waals surface area (Å²) in [6, 6.07) is 12.8. The first kappa shape index (κ1) is 17.0. The Morgan fingerprint density at radius 3 is 3.00 bits per heavy atom. The van der Waals surface area contributed by atoms with Crippen LogP contribution in [0.3, 0.4) is 0 Å². The van der Waals surface area contributed by atoms with Gasteiger partial charge in [0.1, 0.15) is 5.75 Å². The number of fused-ring (bicyclic) bond motifs is 2. The van der Waals surface area contributed by atoms with Crippen LogP contribution in [0.4, 0.5) is 5.13 Å². The number of aromatic nitrogens is 1. The summed E-state index contributed by atoms with van der Waals surface area (Å²) in [5.41, 5.74) is 1.70. The molecule has 1 aliphatic heterocycles. The Morgan fingerprint density at radius 1 is 1.35 bits per heavy atom. The zero-order valence-electron chi connectivity index (χ0n) is 13.9. The number of rotatable bonds is 4. The Bertz CT molecular complexity index is 982. The average Bonchev–Trinajstić information content (AvgIpc) is 3.05. The minimum atomic E-state index is -0.775. The number of halogens is 1. The zero-order chi connectivity index (χ0) is 18.1. The van der Waals surface area contributed by atoms with Crippen LogP contribution in [0.15, 0.2) is 54.2 Å². The first-order valence-corrected chi connectivity index (χ1v) is 9.30. The molecular formula is C19H15ClN2O3S. The van der Waals surface area contributed by atoms with Gasteiger partial charge in [0.2, 0.25) is 12.1 Å². The molecule has 0 radical (unpaired) electrons. The maximum atomic E-state index is 12.9. The fourth-order valence-electron chi connectivity index (χ4n) is 2.71. The van der Waals surface area contributed by atoms with E-state index in [1.54, 1.807) is 24.4 Å². The fraction of sp³-hybridized carbons (Fsp3) is 0.158. The van der Waals surface area contributed by atoms with Crippen molar-refractivity contribution in [3.05, 3.63) is 64.8 Å². The van der Waals surface area contributed by atoms with Gasteiger partial charge in [-0.15, -0.1) is 0 Å². The molecule has 0 spiro atoms. The lowest BCUT2D eigenvalue weighted by molar-refractivity contribution is -0.0509. The summed E-state index contributed by atoms with van der Waals surface area (Å²) in [6.07, 6.45) is 0.826. The molecular weight excluding hydrogens is 372 g/mol. The normalized spacial score (nSPS) is 18.0. The van der Waals surface area contributed by atoms with E-state index in [9.17, 15) is 4.79 Å². The van der Waals surface area contributed by atoms with Crippen molar-refractivity contribution in [2.24, 2.45) is 0 Å². The number of nitrogens with one attached hydrogen (secondary N) is 1. The average molecular weight is 387 g/mol. The summed E-state index contributed by atoms with van der Waals surface area (Å²) < 4.78 is 12.5. The van der Waals surface area contributed by atoms with Crippen LogP contribution in [0.25, 0.3) is 10.2 Å². The highest BCUT2D eigenvalue weighted by Crippen LogP contribution is 2.33. The van der Waals surface area contributed by atoms with Crippen molar-refractivity contribution >= 4 is 44.1 Å². The highest BCUT2D eigenvalue weighted by Gasteiger charge is 2.32. The molecule has 1 atom stereocenters.